The van der Waals surface area contributed by atoms with Gasteiger partial charge in [-0.1, -0.05) is 24.3 Å². The van der Waals surface area contributed by atoms with Gasteiger partial charge in [-0.25, -0.2) is 4.79 Å². The molecule has 0 radical (unpaired) electrons. The van der Waals surface area contributed by atoms with E-state index in [0.717, 1.165) is 0 Å². The van der Waals surface area contributed by atoms with Crippen molar-refractivity contribution < 1.29 is 58.7 Å². The van der Waals surface area contributed by atoms with Crippen LogP contribution in [0.4, 0.5) is 4.79 Å². The average Bonchev–Trinajstić information content (AvgIpc) is 2.99. The molecule has 2 aliphatic heterocycles. The molecule has 17 heteroatoms. The Labute approximate surface area is 240 Å². The Morgan fingerprint density at radius 3 is 2.12 bits per heavy atom. The zero-order chi connectivity index (χ0) is 30.4. The van der Waals surface area contributed by atoms with Crippen LogP contribution in [0.25, 0.3) is 11.4 Å². The van der Waals surface area contributed by atoms with Crippen LogP contribution in [0, 0.1) is 6.92 Å². The van der Waals surface area contributed by atoms with E-state index in [1.54, 1.807) is 31.2 Å². The smallest absolute Gasteiger partial charge is 0.407 e. The molecule has 1 amide bonds. The Morgan fingerprint density at radius 2 is 1.48 bits per heavy atom. The molecule has 3 heterocycles. The number of hydrogen-bond donors (Lipinski definition) is 6. The summed E-state index contributed by atoms with van der Waals surface area (Å²) in [6.45, 7) is 1.22. The predicted octanol–water partition coefficient (Wildman–Crippen LogP) is -2.60. The van der Waals surface area contributed by atoms with Crippen molar-refractivity contribution >= 4 is 6.09 Å². The van der Waals surface area contributed by atoms with E-state index in [9.17, 15) is 30.3 Å². The lowest BCUT2D eigenvalue weighted by Gasteiger charge is -2.43. The monoisotopic (exact) mass is 597 g/mol. The molecule has 4 unspecified atom stereocenters. The Morgan fingerprint density at radius 1 is 0.833 bits per heavy atom. The Kier molecular flexibility index (Phi) is 11.0. The fourth-order valence-corrected chi connectivity index (χ4v) is 4.43. The van der Waals surface area contributed by atoms with Crippen LogP contribution < -0.4 is 5.32 Å². The predicted molar refractivity (Wildman–Crippen MR) is 137 cm³/mol. The minimum Gasteiger partial charge on any atom is -0.440 e. The molecule has 2 saturated heterocycles. The molecule has 0 saturated carbocycles. The number of carbonyl (C=O) groups excluding carboxylic acids is 1. The topological polar surface area (TPSA) is 237 Å². The number of amides is 1. The lowest BCUT2D eigenvalue weighted by atomic mass is 9.98. The van der Waals surface area contributed by atoms with Gasteiger partial charge < -0.3 is 59.3 Å². The van der Waals surface area contributed by atoms with Crippen LogP contribution in [-0.2, 0) is 35.0 Å². The molecule has 0 bridgehead atoms. The number of methoxy groups -OCH3 is 2. The molecule has 0 aliphatic carbocycles. The van der Waals surface area contributed by atoms with E-state index in [1.807, 2.05) is 0 Å². The van der Waals surface area contributed by atoms with Crippen LogP contribution in [0.1, 0.15) is 11.4 Å². The molecule has 17 nitrogen and oxygen atoms in total. The third kappa shape index (κ3) is 7.51. The summed E-state index contributed by atoms with van der Waals surface area (Å²) < 4.78 is 32.0. The molecule has 4 rings (SSSR count). The van der Waals surface area contributed by atoms with Gasteiger partial charge >= 0.3 is 6.09 Å². The largest absolute Gasteiger partial charge is 0.440 e. The summed E-state index contributed by atoms with van der Waals surface area (Å²) in [6.07, 6.45) is -15.1. The maximum absolute atomic E-state index is 12.6. The summed E-state index contributed by atoms with van der Waals surface area (Å²) in [5, 5.41) is 70.2. The number of rotatable bonds is 10. The highest BCUT2D eigenvalue weighted by atomic mass is 16.7. The summed E-state index contributed by atoms with van der Waals surface area (Å²) in [4.78, 5) is 12.6. The number of aryl methyl sites for hydroxylation is 1. The van der Waals surface area contributed by atoms with Crippen LogP contribution >= 0.6 is 0 Å². The first-order chi connectivity index (χ1) is 20.1. The van der Waals surface area contributed by atoms with E-state index in [2.05, 4.69) is 25.7 Å². The highest BCUT2D eigenvalue weighted by Crippen LogP contribution is 2.27. The van der Waals surface area contributed by atoms with Gasteiger partial charge in [-0.15, -0.1) is 20.4 Å². The molecule has 42 heavy (non-hydrogen) atoms. The highest BCUT2D eigenvalue weighted by Gasteiger charge is 2.49. The minimum absolute atomic E-state index is 0.0632. The molecule has 2 aromatic rings. The zero-order valence-electron chi connectivity index (χ0n) is 23.1. The van der Waals surface area contributed by atoms with Crippen LogP contribution in [-0.4, -0.2) is 141 Å². The summed E-state index contributed by atoms with van der Waals surface area (Å²) in [5.41, 5.74) is 1.39. The number of aliphatic hydroxyl groups excluding tert-OH is 5. The Balaban J connectivity index is 1.33. The maximum atomic E-state index is 12.6. The van der Waals surface area contributed by atoms with Crippen molar-refractivity contribution in [3.63, 3.8) is 0 Å². The lowest BCUT2D eigenvalue weighted by molar-refractivity contribution is -0.328. The normalized spacial score (nSPS) is 33.2. The van der Waals surface area contributed by atoms with E-state index in [0.29, 0.717) is 22.8 Å². The molecule has 10 atom stereocenters. The molecule has 2 fully saturated rings. The van der Waals surface area contributed by atoms with Crippen molar-refractivity contribution in [3.05, 3.63) is 35.7 Å². The van der Waals surface area contributed by atoms with Crippen molar-refractivity contribution in [2.24, 2.45) is 0 Å². The number of ether oxygens (including phenoxy) is 6. The number of benzene rings is 1. The Hall–Kier alpha value is -2.97. The van der Waals surface area contributed by atoms with Crippen molar-refractivity contribution in [2.45, 2.75) is 74.9 Å². The van der Waals surface area contributed by atoms with E-state index >= 15 is 0 Å². The van der Waals surface area contributed by atoms with Crippen LogP contribution in [0.2, 0.25) is 0 Å². The zero-order valence-corrected chi connectivity index (χ0v) is 23.1. The number of nitrogens with zero attached hydrogens (tertiary/aromatic N) is 4. The molecule has 0 spiro atoms. The first-order valence-electron chi connectivity index (χ1n) is 13.0. The standard InChI is InChI=1S/C25H35N5O12/c1-11-27-29-22(30-28-11)13-6-4-12(5-7-13)8-26-25(36)42-21-17(32)15(40-23(38-3)20(21)35)10-39-24-19(34)18(33)16(31)14(41-24)9-37-2/h4-7,14-21,23-24,31-35H,8-10H2,1-3H3,(H,26,36)/t14?,15?,16-,17-,18+,19?,20?,21+,23+,24-/m1/s1. The van der Waals surface area contributed by atoms with Gasteiger partial charge in [0.2, 0.25) is 5.82 Å². The number of carbonyl (C=O) groups is 1. The molecular formula is C25H35N5O12. The van der Waals surface area contributed by atoms with Crippen LogP contribution in [0.3, 0.4) is 0 Å². The minimum atomic E-state index is -1.62. The van der Waals surface area contributed by atoms with Crippen molar-refractivity contribution in [2.75, 3.05) is 27.4 Å². The van der Waals surface area contributed by atoms with Gasteiger partial charge in [-0.3, -0.25) is 0 Å². The molecule has 1 aromatic carbocycles. The second-order valence-electron chi connectivity index (χ2n) is 9.75. The van der Waals surface area contributed by atoms with Gasteiger partial charge in [-0.05, 0) is 12.5 Å². The number of nitrogens with one attached hydrogen (secondary N) is 1. The van der Waals surface area contributed by atoms with Gasteiger partial charge in [0.1, 0.15) is 42.7 Å². The number of hydrogen-bond acceptors (Lipinski definition) is 16. The van der Waals surface area contributed by atoms with Gasteiger partial charge in [0.05, 0.1) is 13.2 Å². The second kappa shape index (κ2) is 14.5. The van der Waals surface area contributed by atoms with E-state index in [4.69, 9.17) is 28.4 Å². The third-order valence-corrected chi connectivity index (χ3v) is 6.77. The first kappa shape index (κ1) is 32.0. The average molecular weight is 598 g/mol. The quantitative estimate of drug-likeness (QED) is 0.165. The van der Waals surface area contributed by atoms with Crippen LogP contribution in [0.15, 0.2) is 24.3 Å². The third-order valence-electron chi connectivity index (χ3n) is 6.77. The second-order valence-corrected chi connectivity index (χ2v) is 9.75. The SMILES string of the molecule is COCC1O[C@@H](OCC2O[C@H](OC)C(O)[C@@H](OC(=O)NCc3ccc(-c4nnc(C)nn4)cc3)[C@@H]2O)C(O)[C@@H](O)[C@@H]1O. The highest BCUT2D eigenvalue weighted by molar-refractivity contribution is 5.67. The summed E-state index contributed by atoms with van der Waals surface area (Å²) >= 11 is 0. The van der Waals surface area contributed by atoms with E-state index in [-0.39, 0.29) is 13.2 Å². The van der Waals surface area contributed by atoms with Gasteiger partial charge in [0, 0.05) is 26.3 Å². The van der Waals surface area contributed by atoms with Crippen LogP contribution in [0.5, 0.6) is 0 Å². The first-order valence-corrected chi connectivity index (χ1v) is 13.0. The fraction of sp³-hybridized carbons (Fsp3) is 0.640. The van der Waals surface area contributed by atoms with Gasteiger partial charge in [0.15, 0.2) is 24.5 Å². The summed E-state index contributed by atoms with van der Waals surface area (Å²) in [5.74, 6) is 0.795. The molecule has 6 N–H and O–H groups in total. The molecule has 2 aliphatic rings. The van der Waals surface area contributed by atoms with Crippen molar-refractivity contribution in [1.82, 2.24) is 25.7 Å². The summed E-state index contributed by atoms with van der Waals surface area (Å²) in [7, 11) is 2.62. The fourth-order valence-electron chi connectivity index (χ4n) is 4.43. The van der Waals surface area contributed by atoms with E-state index in [1.165, 1.54) is 14.2 Å². The number of alkyl carbamates (subject to hydrolysis) is 1. The molecular weight excluding hydrogens is 562 g/mol. The Bertz CT molecular complexity index is 1150. The van der Waals surface area contributed by atoms with Gasteiger partial charge in [-0.2, -0.15) is 0 Å². The lowest BCUT2D eigenvalue weighted by Crippen LogP contribution is -2.62. The van der Waals surface area contributed by atoms with E-state index < -0.39 is 74.1 Å². The van der Waals surface area contributed by atoms with Crippen molar-refractivity contribution in [3.8, 4) is 11.4 Å². The summed E-state index contributed by atoms with van der Waals surface area (Å²) in [6, 6.07) is 6.95. The van der Waals surface area contributed by atoms with Gasteiger partial charge in [0.25, 0.3) is 0 Å². The number of aliphatic hydroxyl groups is 5. The maximum Gasteiger partial charge on any atom is 0.407 e. The molecule has 1 aromatic heterocycles. The van der Waals surface area contributed by atoms with Crippen molar-refractivity contribution in [1.29, 1.82) is 0 Å². The molecule has 232 valence electrons. The number of aromatic nitrogens is 4.